The molecule has 33 heavy (non-hydrogen) atoms. The van der Waals surface area contributed by atoms with Crippen LogP contribution in [0.1, 0.15) is 41.6 Å². The number of aliphatic hydroxyl groups excluding tert-OH is 1. The lowest BCUT2D eigenvalue weighted by Crippen LogP contribution is -2.48. The third-order valence-electron chi connectivity index (χ3n) is 5.85. The van der Waals surface area contributed by atoms with Crippen LogP contribution in [0.4, 0.5) is 5.82 Å². The van der Waals surface area contributed by atoms with Crippen molar-refractivity contribution in [2.45, 2.75) is 44.2 Å². The molecule has 0 aliphatic heterocycles. The minimum absolute atomic E-state index is 0.261. The first-order chi connectivity index (χ1) is 16.1. The van der Waals surface area contributed by atoms with Gasteiger partial charge in [0.2, 0.25) is 0 Å². The molecule has 1 amide bonds. The number of aliphatic hydroxyl groups is 1. The summed E-state index contributed by atoms with van der Waals surface area (Å²) >= 11 is 6.18. The van der Waals surface area contributed by atoms with Crippen LogP contribution in [0.2, 0.25) is 5.15 Å². The molecule has 2 fully saturated rings. The molecule has 2 atom stereocenters. The summed E-state index contributed by atoms with van der Waals surface area (Å²) in [6.07, 6.45) is 4.56. The van der Waals surface area contributed by atoms with Crippen molar-refractivity contribution in [2.24, 2.45) is 11.8 Å². The molecule has 0 bridgehead atoms. The molecule has 6 nitrogen and oxygen atoms in total. The highest BCUT2D eigenvalue weighted by Gasteiger charge is 2.24. The molecule has 0 saturated heterocycles. The predicted molar refractivity (Wildman–Crippen MR) is 131 cm³/mol. The van der Waals surface area contributed by atoms with Gasteiger partial charge in [0.05, 0.1) is 18.7 Å². The van der Waals surface area contributed by atoms with E-state index in [4.69, 9.17) is 11.6 Å². The fourth-order valence-corrected chi connectivity index (χ4v) is 3.75. The molecule has 2 saturated carbocycles. The van der Waals surface area contributed by atoms with E-state index < -0.39 is 12.1 Å². The Kier molecular flexibility index (Phi) is 8.22. The topological polar surface area (TPSA) is 86.3 Å². The molecule has 1 aromatic heterocycles. The molecule has 2 aliphatic rings. The highest BCUT2D eigenvalue weighted by Crippen LogP contribution is 2.29. The quantitative estimate of drug-likeness (QED) is 0.232. The molecular weight excluding hydrogens is 436 g/mol. The number of nitrogens with one attached hydrogen (secondary N) is 3. The predicted octanol–water partition coefficient (Wildman–Crippen LogP) is 3.26. The summed E-state index contributed by atoms with van der Waals surface area (Å²) in [6.45, 7) is 1.69. The second-order valence-corrected chi connectivity index (χ2v) is 9.34. The molecule has 174 valence electrons. The summed E-state index contributed by atoms with van der Waals surface area (Å²) in [4.78, 5) is 17.4. The molecule has 1 aromatic carbocycles. The van der Waals surface area contributed by atoms with Crippen molar-refractivity contribution in [2.75, 3.05) is 25.0 Å². The standard InChI is InChI=1S/C26H31ClN4O2/c27-24-14-21(15-25(31-24)29-16-20-10-11-20)26(33)30-22(13-19-5-2-1-3-6-19)23(32)17-28-12-4-7-18-8-9-18/h1-3,5-6,14-15,18,20,22-23,28,32H,8-13,16-17H2,(H,29,31)(H,30,33)/t22-,23+/m0/s1. The van der Waals surface area contributed by atoms with E-state index in [1.54, 1.807) is 12.1 Å². The molecular formula is C26H31ClN4O2. The van der Waals surface area contributed by atoms with Crippen LogP contribution in [0.3, 0.4) is 0 Å². The Labute approximate surface area is 200 Å². The number of carbonyl (C=O) groups excluding carboxylic acids is 1. The zero-order valence-corrected chi connectivity index (χ0v) is 19.4. The lowest BCUT2D eigenvalue weighted by atomic mass is 10.0. The van der Waals surface area contributed by atoms with Crippen molar-refractivity contribution in [3.8, 4) is 11.8 Å². The number of carbonyl (C=O) groups is 1. The van der Waals surface area contributed by atoms with Crippen LogP contribution in [0.25, 0.3) is 0 Å². The van der Waals surface area contributed by atoms with Gasteiger partial charge in [0, 0.05) is 24.6 Å². The number of anilines is 1. The number of amides is 1. The van der Waals surface area contributed by atoms with E-state index in [1.807, 2.05) is 30.3 Å². The van der Waals surface area contributed by atoms with E-state index in [1.165, 1.54) is 25.7 Å². The molecule has 7 heteroatoms. The van der Waals surface area contributed by atoms with E-state index in [2.05, 4.69) is 32.8 Å². The van der Waals surface area contributed by atoms with Crippen molar-refractivity contribution < 1.29 is 9.90 Å². The summed E-state index contributed by atoms with van der Waals surface area (Å²) in [5.74, 6) is 7.84. The van der Waals surface area contributed by atoms with Crippen molar-refractivity contribution in [1.29, 1.82) is 0 Å². The van der Waals surface area contributed by atoms with E-state index in [0.717, 1.165) is 12.1 Å². The van der Waals surface area contributed by atoms with Crippen molar-refractivity contribution in [3.05, 3.63) is 58.7 Å². The van der Waals surface area contributed by atoms with Gasteiger partial charge < -0.3 is 21.1 Å². The first kappa shape index (κ1) is 23.6. The fraction of sp³-hybridized carbons (Fsp3) is 0.462. The van der Waals surface area contributed by atoms with Gasteiger partial charge in [-0.25, -0.2) is 4.98 Å². The largest absolute Gasteiger partial charge is 0.390 e. The van der Waals surface area contributed by atoms with Crippen LogP contribution in [-0.2, 0) is 6.42 Å². The van der Waals surface area contributed by atoms with Crippen LogP contribution in [0, 0.1) is 23.7 Å². The molecule has 4 N–H and O–H groups in total. The Morgan fingerprint density at radius 2 is 1.97 bits per heavy atom. The van der Waals surface area contributed by atoms with Gasteiger partial charge in [-0.05, 0) is 55.7 Å². The third kappa shape index (κ3) is 8.04. The summed E-state index contributed by atoms with van der Waals surface area (Å²) in [5, 5.41) is 20.6. The number of nitrogens with zero attached hydrogens (tertiary/aromatic N) is 1. The maximum absolute atomic E-state index is 13.1. The lowest BCUT2D eigenvalue weighted by Gasteiger charge is -2.25. The van der Waals surface area contributed by atoms with Gasteiger partial charge >= 0.3 is 0 Å². The van der Waals surface area contributed by atoms with Crippen LogP contribution in [0.15, 0.2) is 42.5 Å². The Balaban J connectivity index is 1.39. The molecule has 2 aliphatic carbocycles. The van der Waals surface area contributed by atoms with Crippen LogP contribution >= 0.6 is 11.6 Å². The van der Waals surface area contributed by atoms with E-state index in [0.29, 0.717) is 42.7 Å². The van der Waals surface area contributed by atoms with Gasteiger partial charge in [-0.1, -0.05) is 53.8 Å². The summed E-state index contributed by atoms with van der Waals surface area (Å²) < 4.78 is 0. The monoisotopic (exact) mass is 466 g/mol. The average Bonchev–Trinajstić information content (AvgIpc) is 3.73. The number of aromatic nitrogens is 1. The van der Waals surface area contributed by atoms with Gasteiger partial charge in [-0.15, -0.1) is 0 Å². The van der Waals surface area contributed by atoms with Gasteiger partial charge in [-0.3, -0.25) is 4.79 Å². The number of hydrogen-bond donors (Lipinski definition) is 4. The maximum atomic E-state index is 13.1. The highest BCUT2D eigenvalue weighted by molar-refractivity contribution is 6.29. The normalized spacial score (nSPS) is 16.9. The summed E-state index contributed by atoms with van der Waals surface area (Å²) in [6, 6.07) is 12.6. The number of pyridine rings is 1. The molecule has 0 radical (unpaired) electrons. The zero-order valence-electron chi connectivity index (χ0n) is 18.7. The first-order valence-electron chi connectivity index (χ1n) is 11.7. The number of halogens is 1. The van der Waals surface area contributed by atoms with Crippen molar-refractivity contribution in [3.63, 3.8) is 0 Å². The highest BCUT2D eigenvalue weighted by atomic mass is 35.5. The maximum Gasteiger partial charge on any atom is 0.251 e. The van der Waals surface area contributed by atoms with Crippen molar-refractivity contribution in [1.82, 2.24) is 15.6 Å². The van der Waals surface area contributed by atoms with Crippen LogP contribution in [0.5, 0.6) is 0 Å². The van der Waals surface area contributed by atoms with Gasteiger partial charge in [0.15, 0.2) is 0 Å². The Morgan fingerprint density at radius 3 is 2.70 bits per heavy atom. The molecule has 0 unspecified atom stereocenters. The van der Waals surface area contributed by atoms with Gasteiger partial charge in [0.1, 0.15) is 11.0 Å². The minimum atomic E-state index is -0.776. The number of rotatable bonds is 11. The Bertz CT molecular complexity index is 996. The van der Waals surface area contributed by atoms with Gasteiger partial charge in [-0.2, -0.15) is 0 Å². The smallest absolute Gasteiger partial charge is 0.251 e. The molecule has 1 heterocycles. The fourth-order valence-electron chi connectivity index (χ4n) is 3.54. The van der Waals surface area contributed by atoms with Gasteiger partial charge in [0.25, 0.3) is 5.91 Å². The SMILES string of the molecule is O=C(N[C@@H](Cc1ccccc1)[C@H](O)CNCC#CC1CC1)c1cc(Cl)nc(NCC2CC2)c1. The van der Waals surface area contributed by atoms with Crippen LogP contribution < -0.4 is 16.0 Å². The van der Waals surface area contributed by atoms with E-state index in [-0.39, 0.29) is 11.1 Å². The first-order valence-corrected chi connectivity index (χ1v) is 12.1. The molecule has 2 aromatic rings. The second kappa shape index (κ2) is 11.5. The Morgan fingerprint density at radius 1 is 1.18 bits per heavy atom. The minimum Gasteiger partial charge on any atom is -0.390 e. The third-order valence-corrected chi connectivity index (χ3v) is 6.05. The summed E-state index contributed by atoms with van der Waals surface area (Å²) in [5.41, 5.74) is 1.46. The Hall–Kier alpha value is -2.59. The van der Waals surface area contributed by atoms with E-state index in [9.17, 15) is 9.90 Å². The number of benzene rings is 1. The lowest BCUT2D eigenvalue weighted by molar-refractivity contribution is 0.0832. The van der Waals surface area contributed by atoms with Crippen molar-refractivity contribution >= 4 is 23.3 Å². The second-order valence-electron chi connectivity index (χ2n) is 8.95. The number of hydrogen-bond acceptors (Lipinski definition) is 5. The van der Waals surface area contributed by atoms with Crippen LogP contribution in [-0.4, -0.2) is 47.8 Å². The zero-order chi connectivity index (χ0) is 23.0. The molecule has 4 rings (SSSR count). The average molecular weight is 467 g/mol. The molecule has 0 spiro atoms. The summed E-state index contributed by atoms with van der Waals surface area (Å²) in [7, 11) is 0. The van der Waals surface area contributed by atoms with E-state index >= 15 is 0 Å².